The first-order valence-corrected chi connectivity index (χ1v) is 6.72. The van der Waals surface area contributed by atoms with Crippen LogP contribution in [0.25, 0.3) is 0 Å². The van der Waals surface area contributed by atoms with E-state index in [0.29, 0.717) is 12.1 Å². The van der Waals surface area contributed by atoms with Crippen molar-refractivity contribution in [3.05, 3.63) is 0 Å². The molecule has 2 fully saturated rings. The summed E-state index contributed by atoms with van der Waals surface area (Å²) in [5.41, 5.74) is 0. The van der Waals surface area contributed by atoms with Gasteiger partial charge in [0.05, 0.1) is 12.5 Å². The van der Waals surface area contributed by atoms with Crippen molar-refractivity contribution in [3.63, 3.8) is 0 Å². The van der Waals surface area contributed by atoms with Crippen LogP contribution < -0.4 is 0 Å². The van der Waals surface area contributed by atoms with Crippen molar-refractivity contribution in [3.8, 4) is 0 Å². The number of ether oxygens (including phenoxy) is 1. The summed E-state index contributed by atoms with van der Waals surface area (Å²) in [6.07, 6.45) is 7.52. The van der Waals surface area contributed by atoms with Gasteiger partial charge < -0.3 is 9.84 Å². The third kappa shape index (κ3) is 2.99. The van der Waals surface area contributed by atoms with Gasteiger partial charge in [-0.25, -0.2) is 0 Å². The molecule has 0 aromatic rings. The molecule has 98 valence electrons. The molecule has 3 atom stereocenters. The van der Waals surface area contributed by atoms with E-state index in [1.165, 1.54) is 12.8 Å². The topological polar surface area (TPSA) is 49.8 Å². The number of nitrogens with zero attached hydrogens (tertiary/aromatic N) is 1. The second-order valence-electron chi connectivity index (χ2n) is 5.26. The number of hydrogen-bond donors (Lipinski definition) is 1. The second-order valence-corrected chi connectivity index (χ2v) is 5.26. The third-order valence-corrected chi connectivity index (χ3v) is 4.23. The zero-order valence-corrected chi connectivity index (χ0v) is 10.6. The predicted octanol–water partition coefficient (Wildman–Crippen LogP) is 1.88. The van der Waals surface area contributed by atoms with Gasteiger partial charge in [0.2, 0.25) is 0 Å². The average molecular weight is 241 g/mol. The largest absolute Gasteiger partial charge is 0.481 e. The van der Waals surface area contributed by atoms with Crippen LogP contribution in [0.1, 0.15) is 44.9 Å². The van der Waals surface area contributed by atoms with Gasteiger partial charge in [-0.05, 0) is 32.2 Å². The van der Waals surface area contributed by atoms with Crippen LogP contribution in [0, 0.1) is 0 Å². The lowest BCUT2D eigenvalue weighted by Crippen LogP contribution is -2.48. The van der Waals surface area contributed by atoms with Gasteiger partial charge in [-0.3, -0.25) is 9.69 Å². The maximum Gasteiger partial charge on any atom is 0.304 e. The maximum absolute atomic E-state index is 10.9. The van der Waals surface area contributed by atoms with Crippen molar-refractivity contribution in [2.45, 2.75) is 63.1 Å². The third-order valence-electron chi connectivity index (χ3n) is 4.23. The van der Waals surface area contributed by atoms with Gasteiger partial charge in [-0.2, -0.15) is 0 Å². The summed E-state index contributed by atoms with van der Waals surface area (Å²) in [7, 11) is 1.78. The molecule has 1 heterocycles. The molecule has 1 aliphatic carbocycles. The number of carboxylic acids is 1. The average Bonchev–Trinajstić information content (AvgIpc) is 2.76. The van der Waals surface area contributed by atoms with Crippen LogP contribution in [0.5, 0.6) is 0 Å². The molecule has 2 rings (SSSR count). The van der Waals surface area contributed by atoms with Gasteiger partial charge in [0.1, 0.15) is 0 Å². The molecule has 2 aliphatic rings. The summed E-state index contributed by atoms with van der Waals surface area (Å²) in [4.78, 5) is 13.3. The van der Waals surface area contributed by atoms with Crippen LogP contribution in [0.15, 0.2) is 0 Å². The van der Waals surface area contributed by atoms with Crippen LogP contribution >= 0.6 is 0 Å². The summed E-state index contributed by atoms with van der Waals surface area (Å²) in [5, 5.41) is 8.96. The number of carboxylic acid groups (broad SMARTS) is 1. The van der Waals surface area contributed by atoms with E-state index in [4.69, 9.17) is 9.84 Å². The summed E-state index contributed by atoms with van der Waals surface area (Å²) < 4.78 is 5.58. The highest BCUT2D eigenvalue weighted by Crippen LogP contribution is 2.31. The van der Waals surface area contributed by atoms with Crippen molar-refractivity contribution >= 4 is 5.97 Å². The summed E-state index contributed by atoms with van der Waals surface area (Å²) in [6.45, 7) is 1.04. The first kappa shape index (κ1) is 12.8. The normalized spacial score (nSPS) is 35.0. The highest BCUT2D eigenvalue weighted by Gasteiger charge is 2.37. The molecule has 1 aliphatic heterocycles. The van der Waals surface area contributed by atoms with Crippen molar-refractivity contribution in [2.24, 2.45) is 0 Å². The molecule has 1 N–H and O–H groups in total. The summed E-state index contributed by atoms with van der Waals surface area (Å²) in [5.74, 6) is -0.674. The van der Waals surface area contributed by atoms with E-state index in [9.17, 15) is 4.79 Å². The van der Waals surface area contributed by atoms with E-state index in [1.54, 1.807) is 7.11 Å². The van der Waals surface area contributed by atoms with Gasteiger partial charge in [0, 0.05) is 19.2 Å². The Morgan fingerprint density at radius 1 is 1.29 bits per heavy atom. The molecular formula is C13H23NO3. The quantitative estimate of drug-likeness (QED) is 0.816. The Morgan fingerprint density at radius 2 is 2.06 bits per heavy atom. The number of methoxy groups -OCH3 is 1. The van der Waals surface area contributed by atoms with Crippen LogP contribution in [-0.4, -0.2) is 47.8 Å². The van der Waals surface area contributed by atoms with Gasteiger partial charge in [0.15, 0.2) is 0 Å². The highest BCUT2D eigenvalue weighted by molar-refractivity contribution is 5.67. The summed E-state index contributed by atoms with van der Waals surface area (Å²) >= 11 is 0. The van der Waals surface area contributed by atoms with Gasteiger partial charge in [0.25, 0.3) is 0 Å². The van der Waals surface area contributed by atoms with Crippen LogP contribution in [0.4, 0.5) is 0 Å². The number of rotatable bonds is 4. The van der Waals surface area contributed by atoms with E-state index < -0.39 is 5.97 Å². The van der Waals surface area contributed by atoms with Gasteiger partial charge >= 0.3 is 5.97 Å². The zero-order chi connectivity index (χ0) is 12.3. The van der Waals surface area contributed by atoms with Crippen molar-refractivity contribution in [2.75, 3.05) is 13.7 Å². The van der Waals surface area contributed by atoms with Gasteiger partial charge in [-0.1, -0.05) is 12.8 Å². The highest BCUT2D eigenvalue weighted by atomic mass is 16.5. The predicted molar refractivity (Wildman–Crippen MR) is 65.0 cm³/mol. The van der Waals surface area contributed by atoms with E-state index in [2.05, 4.69) is 4.90 Å². The van der Waals surface area contributed by atoms with Crippen molar-refractivity contribution in [1.29, 1.82) is 0 Å². The van der Waals surface area contributed by atoms with Crippen LogP contribution in [0.2, 0.25) is 0 Å². The SMILES string of the molecule is COC1CCCCC1N1CCCC1CC(=O)O. The molecule has 0 radical (unpaired) electrons. The van der Waals surface area contributed by atoms with Crippen molar-refractivity contribution in [1.82, 2.24) is 4.90 Å². The fourth-order valence-corrected chi connectivity index (χ4v) is 3.45. The minimum atomic E-state index is -0.674. The first-order valence-electron chi connectivity index (χ1n) is 6.72. The molecule has 0 spiro atoms. The molecule has 4 heteroatoms. The lowest BCUT2D eigenvalue weighted by atomic mass is 9.90. The van der Waals surface area contributed by atoms with Crippen LogP contribution in [-0.2, 0) is 9.53 Å². The minimum Gasteiger partial charge on any atom is -0.481 e. The van der Waals surface area contributed by atoms with Crippen LogP contribution in [0.3, 0.4) is 0 Å². The maximum atomic E-state index is 10.9. The monoisotopic (exact) mass is 241 g/mol. The fourth-order valence-electron chi connectivity index (χ4n) is 3.45. The van der Waals surface area contributed by atoms with E-state index >= 15 is 0 Å². The van der Waals surface area contributed by atoms with Crippen molar-refractivity contribution < 1.29 is 14.6 Å². The Labute approximate surface area is 103 Å². The first-order chi connectivity index (χ1) is 8.22. The molecule has 0 aromatic heterocycles. The van der Waals surface area contributed by atoms with Gasteiger partial charge in [-0.15, -0.1) is 0 Å². The molecule has 0 aromatic carbocycles. The molecular weight excluding hydrogens is 218 g/mol. The number of carbonyl (C=O) groups is 1. The Kier molecular flexibility index (Phi) is 4.40. The Morgan fingerprint density at radius 3 is 2.76 bits per heavy atom. The molecule has 0 bridgehead atoms. The molecule has 1 saturated carbocycles. The Hall–Kier alpha value is -0.610. The molecule has 0 amide bonds. The fraction of sp³-hybridized carbons (Fsp3) is 0.923. The number of likely N-dealkylation sites (tertiary alicyclic amines) is 1. The van der Waals surface area contributed by atoms with E-state index in [0.717, 1.165) is 32.2 Å². The molecule has 4 nitrogen and oxygen atoms in total. The standard InChI is InChI=1S/C13H23NO3/c1-17-12-7-3-2-6-11(12)14-8-4-5-10(14)9-13(15)16/h10-12H,2-9H2,1H3,(H,15,16). The van der Waals surface area contributed by atoms with E-state index in [1.807, 2.05) is 0 Å². The molecule has 1 saturated heterocycles. The number of aliphatic carboxylic acids is 1. The smallest absolute Gasteiger partial charge is 0.304 e. The minimum absolute atomic E-state index is 0.230. The number of hydrogen-bond acceptors (Lipinski definition) is 3. The summed E-state index contributed by atoms with van der Waals surface area (Å²) in [6, 6.07) is 0.675. The second kappa shape index (κ2) is 5.83. The zero-order valence-electron chi connectivity index (χ0n) is 10.6. The lowest BCUT2D eigenvalue weighted by molar-refractivity contribution is -0.138. The Balaban J connectivity index is 2.00. The van der Waals surface area contributed by atoms with E-state index in [-0.39, 0.29) is 12.5 Å². The lowest BCUT2D eigenvalue weighted by Gasteiger charge is -2.39. The Bertz CT molecular complexity index is 269. The molecule has 17 heavy (non-hydrogen) atoms. The molecule has 3 unspecified atom stereocenters.